The van der Waals surface area contributed by atoms with Gasteiger partial charge in [-0.2, -0.15) is 4.98 Å². The summed E-state index contributed by atoms with van der Waals surface area (Å²) in [7, 11) is 1.56. The van der Waals surface area contributed by atoms with E-state index in [1.807, 2.05) is 6.07 Å². The molecule has 0 fully saturated rings. The van der Waals surface area contributed by atoms with E-state index in [4.69, 9.17) is 15.0 Å². The summed E-state index contributed by atoms with van der Waals surface area (Å²) in [5, 5.41) is 3.82. The maximum atomic E-state index is 5.77. The number of nitrogens with two attached hydrogens (primary N) is 1. The van der Waals surface area contributed by atoms with Crippen LogP contribution in [0.2, 0.25) is 0 Å². The van der Waals surface area contributed by atoms with E-state index in [0.717, 1.165) is 4.47 Å². The zero-order chi connectivity index (χ0) is 12.3. The summed E-state index contributed by atoms with van der Waals surface area (Å²) in [5.74, 6) is 0.755. The summed E-state index contributed by atoms with van der Waals surface area (Å²) in [4.78, 5) is 8.33. The molecule has 0 aliphatic heterocycles. The standard InChI is InChI=1S/C10H11BrN4O2/c1-16-5-7(12)10-14-9(15-17-10)8-3-2-6(11)4-13-8/h2-4,7H,5,12H2,1H3. The van der Waals surface area contributed by atoms with Crippen LogP contribution in [0.25, 0.3) is 11.5 Å². The van der Waals surface area contributed by atoms with Crippen molar-refractivity contribution in [2.45, 2.75) is 6.04 Å². The number of halogens is 1. The predicted octanol–water partition coefficient (Wildman–Crippen LogP) is 1.54. The lowest BCUT2D eigenvalue weighted by atomic mass is 10.3. The summed E-state index contributed by atoms with van der Waals surface area (Å²) < 4.78 is 10.8. The highest BCUT2D eigenvalue weighted by Gasteiger charge is 2.15. The van der Waals surface area contributed by atoms with Gasteiger partial charge in [-0.1, -0.05) is 5.16 Å². The number of nitrogens with zero attached hydrogens (tertiary/aromatic N) is 3. The van der Waals surface area contributed by atoms with Crippen LogP contribution in [0.1, 0.15) is 11.9 Å². The van der Waals surface area contributed by atoms with Crippen molar-refractivity contribution >= 4 is 15.9 Å². The Labute approximate surface area is 106 Å². The number of rotatable bonds is 4. The number of pyridine rings is 1. The lowest BCUT2D eigenvalue weighted by Gasteiger charge is -2.02. The zero-order valence-corrected chi connectivity index (χ0v) is 10.7. The van der Waals surface area contributed by atoms with E-state index in [-0.39, 0.29) is 0 Å². The molecule has 2 N–H and O–H groups in total. The van der Waals surface area contributed by atoms with Gasteiger partial charge in [0.25, 0.3) is 0 Å². The molecule has 1 atom stereocenters. The Balaban J connectivity index is 2.20. The average molecular weight is 299 g/mol. The molecule has 2 aromatic rings. The Morgan fingerprint density at radius 2 is 2.35 bits per heavy atom. The molecule has 0 amide bonds. The second-order valence-corrected chi connectivity index (χ2v) is 4.30. The number of aromatic nitrogens is 3. The third-order valence-electron chi connectivity index (χ3n) is 2.06. The Morgan fingerprint density at radius 1 is 1.53 bits per heavy atom. The van der Waals surface area contributed by atoms with Gasteiger partial charge in [0, 0.05) is 17.8 Å². The van der Waals surface area contributed by atoms with E-state index in [0.29, 0.717) is 24.0 Å². The van der Waals surface area contributed by atoms with Crippen LogP contribution in [-0.2, 0) is 4.74 Å². The van der Waals surface area contributed by atoms with E-state index in [9.17, 15) is 0 Å². The van der Waals surface area contributed by atoms with Crippen LogP contribution >= 0.6 is 15.9 Å². The highest BCUT2D eigenvalue weighted by atomic mass is 79.9. The monoisotopic (exact) mass is 298 g/mol. The number of methoxy groups -OCH3 is 1. The van der Waals surface area contributed by atoms with E-state index >= 15 is 0 Å². The minimum absolute atomic E-state index is 0.329. The molecule has 7 heteroatoms. The van der Waals surface area contributed by atoms with Gasteiger partial charge in [0.1, 0.15) is 11.7 Å². The quantitative estimate of drug-likeness (QED) is 0.921. The predicted molar refractivity (Wildman–Crippen MR) is 64.0 cm³/mol. The summed E-state index contributed by atoms with van der Waals surface area (Å²) in [5.41, 5.74) is 6.40. The summed E-state index contributed by atoms with van der Waals surface area (Å²) in [6, 6.07) is 3.23. The van der Waals surface area contributed by atoms with Crippen molar-refractivity contribution in [2.24, 2.45) is 5.73 Å². The Morgan fingerprint density at radius 3 is 3.00 bits per heavy atom. The van der Waals surface area contributed by atoms with Crippen LogP contribution in [0, 0.1) is 0 Å². The molecule has 0 spiro atoms. The molecule has 6 nitrogen and oxygen atoms in total. The molecule has 0 aromatic carbocycles. The van der Waals surface area contributed by atoms with Crippen molar-refractivity contribution in [3.05, 3.63) is 28.7 Å². The maximum Gasteiger partial charge on any atom is 0.246 e. The summed E-state index contributed by atoms with van der Waals surface area (Å²) in [6.07, 6.45) is 1.67. The molecule has 0 aliphatic carbocycles. The fourth-order valence-corrected chi connectivity index (χ4v) is 1.48. The fraction of sp³-hybridized carbons (Fsp3) is 0.300. The van der Waals surface area contributed by atoms with Crippen molar-refractivity contribution in [3.8, 4) is 11.5 Å². The second-order valence-electron chi connectivity index (χ2n) is 3.38. The van der Waals surface area contributed by atoms with Gasteiger partial charge >= 0.3 is 0 Å². The van der Waals surface area contributed by atoms with Crippen molar-refractivity contribution in [3.63, 3.8) is 0 Å². The topological polar surface area (TPSA) is 87.1 Å². The molecule has 0 bridgehead atoms. The van der Waals surface area contributed by atoms with Crippen molar-refractivity contribution in [1.82, 2.24) is 15.1 Å². The molecule has 0 saturated heterocycles. The van der Waals surface area contributed by atoms with Crippen molar-refractivity contribution in [1.29, 1.82) is 0 Å². The third-order valence-corrected chi connectivity index (χ3v) is 2.53. The average Bonchev–Trinajstić information content (AvgIpc) is 2.80. The van der Waals surface area contributed by atoms with Crippen LogP contribution in [0.4, 0.5) is 0 Å². The maximum absolute atomic E-state index is 5.77. The van der Waals surface area contributed by atoms with E-state index < -0.39 is 6.04 Å². The highest BCUT2D eigenvalue weighted by molar-refractivity contribution is 9.10. The smallest absolute Gasteiger partial charge is 0.246 e. The van der Waals surface area contributed by atoms with Gasteiger partial charge in [0.15, 0.2) is 0 Å². The molecule has 17 heavy (non-hydrogen) atoms. The molecule has 90 valence electrons. The van der Waals surface area contributed by atoms with Crippen molar-refractivity contribution in [2.75, 3.05) is 13.7 Å². The first kappa shape index (κ1) is 12.2. The number of hydrogen-bond acceptors (Lipinski definition) is 6. The van der Waals surface area contributed by atoms with Crippen LogP contribution < -0.4 is 5.73 Å². The van der Waals surface area contributed by atoms with Crippen molar-refractivity contribution < 1.29 is 9.26 Å². The van der Waals surface area contributed by atoms with Crippen LogP contribution in [0.3, 0.4) is 0 Å². The minimum Gasteiger partial charge on any atom is -0.383 e. The second kappa shape index (κ2) is 5.35. The Kier molecular flexibility index (Phi) is 3.82. The molecular weight excluding hydrogens is 288 g/mol. The lowest BCUT2D eigenvalue weighted by Crippen LogP contribution is -2.16. The van der Waals surface area contributed by atoms with E-state index in [1.165, 1.54) is 0 Å². The van der Waals surface area contributed by atoms with E-state index in [1.54, 1.807) is 19.4 Å². The number of ether oxygens (including phenoxy) is 1. The van der Waals surface area contributed by atoms with Crippen LogP contribution in [-0.4, -0.2) is 28.8 Å². The molecule has 0 saturated carbocycles. The summed E-state index contributed by atoms with van der Waals surface area (Å²) in [6.45, 7) is 0.329. The van der Waals surface area contributed by atoms with Gasteiger partial charge < -0.3 is 15.0 Å². The van der Waals surface area contributed by atoms with E-state index in [2.05, 4.69) is 31.1 Å². The molecule has 0 aliphatic rings. The Hall–Kier alpha value is -1.31. The zero-order valence-electron chi connectivity index (χ0n) is 9.13. The molecule has 2 aromatic heterocycles. The fourth-order valence-electron chi connectivity index (χ4n) is 1.25. The normalized spacial score (nSPS) is 12.6. The molecular formula is C10H11BrN4O2. The summed E-state index contributed by atoms with van der Waals surface area (Å²) >= 11 is 3.30. The van der Waals surface area contributed by atoms with Crippen LogP contribution in [0.5, 0.6) is 0 Å². The lowest BCUT2D eigenvalue weighted by molar-refractivity contribution is 0.166. The minimum atomic E-state index is -0.420. The SMILES string of the molecule is COCC(N)c1nc(-c2ccc(Br)cn2)no1. The first-order valence-corrected chi connectivity index (χ1v) is 5.70. The number of hydrogen-bond donors (Lipinski definition) is 1. The van der Waals surface area contributed by atoms with Gasteiger partial charge in [-0.05, 0) is 28.1 Å². The van der Waals surface area contributed by atoms with Gasteiger partial charge in [-0.15, -0.1) is 0 Å². The van der Waals surface area contributed by atoms with Gasteiger partial charge in [0.05, 0.1) is 6.61 Å². The largest absolute Gasteiger partial charge is 0.383 e. The molecule has 1 unspecified atom stereocenters. The highest BCUT2D eigenvalue weighted by Crippen LogP contribution is 2.17. The van der Waals surface area contributed by atoms with Gasteiger partial charge in [0.2, 0.25) is 11.7 Å². The first-order chi connectivity index (χ1) is 8.20. The first-order valence-electron chi connectivity index (χ1n) is 4.90. The molecule has 0 radical (unpaired) electrons. The Bertz CT molecular complexity index is 485. The molecule has 2 heterocycles. The van der Waals surface area contributed by atoms with Crippen LogP contribution in [0.15, 0.2) is 27.3 Å². The van der Waals surface area contributed by atoms with Gasteiger partial charge in [-0.3, -0.25) is 4.98 Å². The molecule has 2 rings (SSSR count). The van der Waals surface area contributed by atoms with Gasteiger partial charge in [-0.25, -0.2) is 0 Å². The third kappa shape index (κ3) is 2.87.